The summed E-state index contributed by atoms with van der Waals surface area (Å²) in [5.41, 5.74) is 0. The second-order valence-corrected chi connectivity index (χ2v) is 3.27. The van der Waals surface area contributed by atoms with E-state index in [1.807, 2.05) is 6.92 Å². The standard InChI is InChI=1S/C9H15N/c1-4-8(3)10-6-9-5-7(9)2/h1,7-10H,5-6H2,2-3H3. The molecule has 0 aliphatic heterocycles. The zero-order chi connectivity index (χ0) is 7.56. The highest BCUT2D eigenvalue weighted by molar-refractivity contribution is 4.97. The molecule has 1 fully saturated rings. The van der Waals surface area contributed by atoms with Crippen LogP contribution in [0.25, 0.3) is 0 Å². The molecule has 0 saturated heterocycles. The highest BCUT2D eigenvalue weighted by atomic mass is 14.9. The Morgan fingerprint density at radius 1 is 1.80 bits per heavy atom. The molecule has 1 heteroatoms. The summed E-state index contributed by atoms with van der Waals surface area (Å²) in [6, 6.07) is 0.243. The topological polar surface area (TPSA) is 12.0 Å². The smallest absolute Gasteiger partial charge is 0.0658 e. The first kappa shape index (κ1) is 7.63. The van der Waals surface area contributed by atoms with E-state index in [-0.39, 0.29) is 6.04 Å². The molecule has 1 aliphatic carbocycles. The van der Waals surface area contributed by atoms with Gasteiger partial charge < -0.3 is 5.32 Å². The van der Waals surface area contributed by atoms with Gasteiger partial charge >= 0.3 is 0 Å². The van der Waals surface area contributed by atoms with Crippen LogP contribution in [0.5, 0.6) is 0 Å². The first-order chi connectivity index (χ1) is 4.74. The van der Waals surface area contributed by atoms with Crippen molar-refractivity contribution in [1.29, 1.82) is 0 Å². The minimum atomic E-state index is 0.243. The van der Waals surface area contributed by atoms with E-state index in [0.717, 1.165) is 18.4 Å². The van der Waals surface area contributed by atoms with E-state index < -0.39 is 0 Å². The van der Waals surface area contributed by atoms with Gasteiger partial charge in [-0.15, -0.1) is 6.42 Å². The molecule has 0 aromatic heterocycles. The van der Waals surface area contributed by atoms with Crippen molar-refractivity contribution in [2.45, 2.75) is 26.3 Å². The van der Waals surface area contributed by atoms with Crippen molar-refractivity contribution in [3.05, 3.63) is 0 Å². The highest BCUT2D eigenvalue weighted by Crippen LogP contribution is 2.36. The van der Waals surface area contributed by atoms with Crippen molar-refractivity contribution in [2.24, 2.45) is 11.8 Å². The Labute approximate surface area is 63.2 Å². The van der Waals surface area contributed by atoms with E-state index in [2.05, 4.69) is 18.2 Å². The number of nitrogens with one attached hydrogen (secondary N) is 1. The second-order valence-electron chi connectivity index (χ2n) is 3.27. The van der Waals surface area contributed by atoms with Crippen molar-refractivity contribution in [2.75, 3.05) is 6.54 Å². The number of hydrogen-bond donors (Lipinski definition) is 1. The Bertz CT molecular complexity index is 145. The fraction of sp³-hybridized carbons (Fsp3) is 0.778. The van der Waals surface area contributed by atoms with Gasteiger partial charge in [0.2, 0.25) is 0 Å². The molecule has 3 unspecified atom stereocenters. The van der Waals surface area contributed by atoms with Crippen LogP contribution in [0.4, 0.5) is 0 Å². The first-order valence-electron chi connectivity index (χ1n) is 3.93. The molecule has 1 aliphatic rings. The SMILES string of the molecule is C#CC(C)NCC1CC1C. The second kappa shape index (κ2) is 3.07. The van der Waals surface area contributed by atoms with Gasteiger partial charge in [-0.05, 0) is 31.7 Å². The van der Waals surface area contributed by atoms with Gasteiger partial charge in [-0.25, -0.2) is 0 Å². The zero-order valence-electron chi connectivity index (χ0n) is 6.72. The molecule has 0 aromatic rings. The lowest BCUT2D eigenvalue weighted by Gasteiger charge is -2.05. The van der Waals surface area contributed by atoms with Crippen LogP contribution >= 0.6 is 0 Å². The predicted octanol–water partition coefficient (Wildman–Crippen LogP) is 1.25. The molecule has 1 N–H and O–H groups in total. The summed E-state index contributed by atoms with van der Waals surface area (Å²) in [6.07, 6.45) is 6.58. The first-order valence-corrected chi connectivity index (χ1v) is 3.93. The number of rotatable bonds is 3. The van der Waals surface area contributed by atoms with E-state index in [0.29, 0.717) is 0 Å². The van der Waals surface area contributed by atoms with Gasteiger partial charge in [0.25, 0.3) is 0 Å². The average Bonchev–Trinajstić information content (AvgIpc) is 2.61. The molecular weight excluding hydrogens is 122 g/mol. The molecule has 3 atom stereocenters. The molecule has 10 heavy (non-hydrogen) atoms. The third-order valence-corrected chi connectivity index (χ3v) is 2.21. The molecule has 0 amide bonds. The minimum Gasteiger partial charge on any atom is -0.304 e. The number of terminal acetylenes is 1. The van der Waals surface area contributed by atoms with Gasteiger partial charge in [-0.3, -0.25) is 0 Å². The summed E-state index contributed by atoms with van der Waals surface area (Å²) < 4.78 is 0. The van der Waals surface area contributed by atoms with Gasteiger partial charge in [0.15, 0.2) is 0 Å². The summed E-state index contributed by atoms with van der Waals surface area (Å²) >= 11 is 0. The largest absolute Gasteiger partial charge is 0.304 e. The Morgan fingerprint density at radius 2 is 2.40 bits per heavy atom. The predicted molar refractivity (Wildman–Crippen MR) is 43.6 cm³/mol. The summed E-state index contributed by atoms with van der Waals surface area (Å²) in [5, 5.41) is 3.29. The van der Waals surface area contributed by atoms with E-state index in [4.69, 9.17) is 6.42 Å². The fourth-order valence-electron chi connectivity index (χ4n) is 1.07. The summed E-state index contributed by atoms with van der Waals surface area (Å²) in [7, 11) is 0. The van der Waals surface area contributed by atoms with Gasteiger partial charge in [0, 0.05) is 0 Å². The van der Waals surface area contributed by atoms with E-state index in [1.54, 1.807) is 0 Å². The van der Waals surface area contributed by atoms with Gasteiger partial charge in [-0.1, -0.05) is 12.8 Å². The Hall–Kier alpha value is -0.480. The van der Waals surface area contributed by atoms with Crippen molar-refractivity contribution in [1.82, 2.24) is 5.32 Å². The van der Waals surface area contributed by atoms with Crippen molar-refractivity contribution >= 4 is 0 Å². The maximum Gasteiger partial charge on any atom is 0.0658 e. The molecular formula is C9H15N. The molecule has 0 heterocycles. The normalized spacial score (nSPS) is 32.9. The van der Waals surface area contributed by atoms with Crippen LogP contribution in [0.3, 0.4) is 0 Å². The fourth-order valence-corrected chi connectivity index (χ4v) is 1.07. The molecule has 0 radical (unpaired) electrons. The molecule has 1 rings (SSSR count). The van der Waals surface area contributed by atoms with E-state index in [9.17, 15) is 0 Å². The quantitative estimate of drug-likeness (QED) is 0.577. The van der Waals surface area contributed by atoms with E-state index >= 15 is 0 Å². The van der Waals surface area contributed by atoms with Crippen LogP contribution in [0.2, 0.25) is 0 Å². The lowest BCUT2D eigenvalue weighted by molar-refractivity contribution is 0.586. The van der Waals surface area contributed by atoms with Gasteiger partial charge in [-0.2, -0.15) is 0 Å². The lowest BCUT2D eigenvalue weighted by Crippen LogP contribution is -2.26. The Morgan fingerprint density at radius 3 is 2.80 bits per heavy atom. The van der Waals surface area contributed by atoms with Crippen LogP contribution in [0.15, 0.2) is 0 Å². The van der Waals surface area contributed by atoms with Gasteiger partial charge in [0.05, 0.1) is 6.04 Å². The van der Waals surface area contributed by atoms with Crippen molar-refractivity contribution in [3.8, 4) is 12.3 Å². The molecule has 56 valence electrons. The summed E-state index contributed by atoms with van der Waals surface area (Å²) in [6.45, 7) is 5.41. The average molecular weight is 137 g/mol. The molecule has 0 bridgehead atoms. The van der Waals surface area contributed by atoms with Crippen LogP contribution in [-0.4, -0.2) is 12.6 Å². The number of hydrogen-bond acceptors (Lipinski definition) is 1. The summed E-state index contributed by atoms with van der Waals surface area (Å²) in [5.74, 6) is 4.48. The van der Waals surface area contributed by atoms with Crippen molar-refractivity contribution < 1.29 is 0 Å². The third kappa shape index (κ3) is 2.04. The Kier molecular flexibility index (Phi) is 2.34. The van der Waals surface area contributed by atoms with Crippen molar-refractivity contribution in [3.63, 3.8) is 0 Å². The molecule has 1 saturated carbocycles. The third-order valence-electron chi connectivity index (χ3n) is 2.21. The van der Waals surface area contributed by atoms with Crippen LogP contribution < -0.4 is 5.32 Å². The Balaban J connectivity index is 2.02. The zero-order valence-corrected chi connectivity index (χ0v) is 6.72. The van der Waals surface area contributed by atoms with Crippen LogP contribution in [0, 0.1) is 24.2 Å². The monoisotopic (exact) mass is 137 g/mol. The van der Waals surface area contributed by atoms with Crippen LogP contribution in [-0.2, 0) is 0 Å². The molecule has 0 spiro atoms. The maximum absolute atomic E-state index is 5.20. The molecule has 1 nitrogen and oxygen atoms in total. The highest BCUT2D eigenvalue weighted by Gasteiger charge is 2.31. The van der Waals surface area contributed by atoms with Gasteiger partial charge in [0.1, 0.15) is 0 Å². The van der Waals surface area contributed by atoms with E-state index in [1.165, 1.54) is 6.42 Å². The van der Waals surface area contributed by atoms with Crippen LogP contribution in [0.1, 0.15) is 20.3 Å². The lowest BCUT2D eigenvalue weighted by atomic mass is 10.3. The molecule has 0 aromatic carbocycles. The maximum atomic E-state index is 5.20. The summed E-state index contributed by atoms with van der Waals surface area (Å²) in [4.78, 5) is 0. The minimum absolute atomic E-state index is 0.243.